The van der Waals surface area contributed by atoms with Gasteiger partial charge in [0, 0.05) is 66.7 Å². The summed E-state index contributed by atoms with van der Waals surface area (Å²) in [5.74, 6) is 0.0665. The SMILES string of the molecule is N=C/C(=C\NCCO)c1cc(C(=O)Nc2ccc(OC(F)(F)Cl)cc2)cnc1N1CCCC1. The third kappa shape index (κ3) is 6.87. The molecule has 2 heterocycles. The molecule has 0 radical (unpaired) electrons. The summed E-state index contributed by atoms with van der Waals surface area (Å²) >= 11 is 4.75. The number of aliphatic hydroxyl groups is 1. The molecule has 0 saturated carbocycles. The Morgan fingerprint density at radius 2 is 2.00 bits per heavy atom. The second-order valence-corrected chi connectivity index (χ2v) is 7.68. The molecule has 3 rings (SSSR count). The molecular weight excluding hydrogens is 456 g/mol. The van der Waals surface area contributed by atoms with Crippen molar-refractivity contribution in [1.82, 2.24) is 10.3 Å². The van der Waals surface area contributed by atoms with Gasteiger partial charge in [0.15, 0.2) is 0 Å². The third-order valence-corrected chi connectivity index (χ3v) is 4.94. The number of pyridine rings is 1. The Balaban J connectivity index is 1.84. The lowest BCUT2D eigenvalue weighted by atomic mass is 10.1. The predicted molar refractivity (Wildman–Crippen MR) is 123 cm³/mol. The lowest BCUT2D eigenvalue weighted by Crippen LogP contribution is -2.22. The highest BCUT2D eigenvalue weighted by atomic mass is 35.5. The van der Waals surface area contributed by atoms with E-state index in [1.807, 2.05) is 0 Å². The molecule has 11 heteroatoms. The topological polar surface area (TPSA) is 111 Å². The lowest BCUT2D eigenvalue weighted by molar-refractivity contribution is -0.0964. The molecule has 1 aliphatic rings. The average molecular weight is 480 g/mol. The predicted octanol–water partition coefficient (Wildman–Crippen LogP) is 3.67. The van der Waals surface area contributed by atoms with E-state index in [1.54, 1.807) is 12.3 Å². The summed E-state index contributed by atoms with van der Waals surface area (Å²) in [7, 11) is 0. The van der Waals surface area contributed by atoms with Crippen LogP contribution in [0.5, 0.6) is 5.75 Å². The van der Waals surface area contributed by atoms with Gasteiger partial charge in [0.1, 0.15) is 11.6 Å². The molecule has 0 unspecified atom stereocenters. The Morgan fingerprint density at radius 1 is 1.30 bits per heavy atom. The van der Waals surface area contributed by atoms with Gasteiger partial charge in [-0.3, -0.25) is 4.79 Å². The van der Waals surface area contributed by atoms with Crippen molar-refractivity contribution in [3.8, 4) is 5.75 Å². The number of nitrogens with zero attached hydrogens (tertiary/aromatic N) is 2. The van der Waals surface area contributed by atoms with Crippen LogP contribution in [-0.2, 0) is 0 Å². The molecule has 0 aliphatic carbocycles. The largest absolute Gasteiger partial charge is 0.487 e. The molecule has 1 saturated heterocycles. The Labute approximate surface area is 194 Å². The van der Waals surface area contributed by atoms with Gasteiger partial charge >= 0.3 is 5.57 Å². The van der Waals surface area contributed by atoms with Crippen molar-refractivity contribution >= 4 is 40.8 Å². The number of amides is 1. The van der Waals surface area contributed by atoms with Crippen molar-refractivity contribution < 1.29 is 23.4 Å². The maximum Gasteiger partial charge on any atom is 0.487 e. The molecule has 33 heavy (non-hydrogen) atoms. The van der Waals surface area contributed by atoms with E-state index < -0.39 is 11.5 Å². The number of alkyl halides is 3. The van der Waals surface area contributed by atoms with E-state index in [-0.39, 0.29) is 17.9 Å². The van der Waals surface area contributed by atoms with Gasteiger partial charge in [0.25, 0.3) is 5.91 Å². The van der Waals surface area contributed by atoms with Crippen LogP contribution in [0.15, 0.2) is 42.7 Å². The average Bonchev–Trinajstić information content (AvgIpc) is 3.31. The molecule has 176 valence electrons. The van der Waals surface area contributed by atoms with E-state index in [0.29, 0.717) is 29.2 Å². The molecular formula is C22H24ClF2N5O3. The number of ether oxygens (including phenoxy) is 1. The van der Waals surface area contributed by atoms with Gasteiger partial charge in [0.2, 0.25) is 0 Å². The number of hydrogen-bond donors (Lipinski definition) is 4. The smallest absolute Gasteiger partial charge is 0.420 e. The fraction of sp³-hybridized carbons (Fsp3) is 0.318. The summed E-state index contributed by atoms with van der Waals surface area (Å²) < 4.78 is 29.7. The van der Waals surface area contributed by atoms with Crippen molar-refractivity contribution in [2.45, 2.75) is 18.4 Å². The van der Waals surface area contributed by atoms with E-state index in [4.69, 9.17) is 22.1 Å². The van der Waals surface area contributed by atoms with Gasteiger partial charge in [-0.15, -0.1) is 8.78 Å². The van der Waals surface area contributed by atoms with Crippen molar-refractivity contribution in [3.63, 3.8) is 0 Å². The summed E-state index contributed by atoms with van der Waals surface area (Å²) in [6.45, 7) is 1.92. The summed E-state index contributed by atoms with van der Waals surface area (Å²) in [5.41, 5.74) is -2.08. The van der Waals surface area contributed by atoms with Gasteiger partial charge < -0.3 is 30.8 Å². The number of benzene rings is 1. The molecule has 1 fully saturated rings. The molecule has 1 amide bonds. The van der Waals surface area contributed by atoms with Crippen LogP contribution >= 0.6 is 11.6 Å². The third-order valence-electron chi connectivity index (χ3n) is 4.86. The van der Waals surface area contributed by atoms with Crippen molar-refractivity contribution in [1.29, 1.82) is 5.41 Å². The zero-order valence-corrected chi connectivity index (χ0v) is 18.4. The van der Waals surface area contributed by atoms with Gasteiger partial charge in [-0.2, -0.15) is 0 Å². The second kappa shape index (κ2) is 11.1. The van der Waals surface area contributed by atoms with Crippen LogP contribution in [0, 0.1) is 5.41 Å². The summed E-state index contributed by atoms with van der Waals surface area (Å²) in [6.07, 6.45) is 6.29. The first kappa shape index (κ1) is 24.4. The maximum absolute atomic E-state index is 12.8. The van der Waals surface area contributed by atoms with Crippen LogP contribution in [0.1, 0.15) is 28.8 Å². The highest BCUT2D eigenvalue weighted by Crippen LogP contribution is 2.29. The van der Waals surface area contributed by atoms with Crippen molar-refractivity contribution in [3.05, 3.63) is 53.9 Å². The van der Waals surface area contributed by atoms with Crippen LogP contribution < -0.4 is 20.3 Å². The molecule has 1 aliphatic heterocycles. The number of rotatable bonds is 10. The number of hydrogen-bond acceptors (Lipinski definition) is 7. The molecule has 0 atom stereocenters. The van der Waals surface area contributed by atoms with Crippen LogP contribution in [-0.4, -0.2) is 54.0 Å². The highest BCUT2D eigenvalue weighted by molar-refractivity contribution is 6.20. The molecule has 2 aromatic rings. The van der Waals surface area contributed by atoms with Crippen molar-refractivity contribution in [2.75, 3.05) is 36.5 Å². The maximum atomic E-state index is 12.8. The monoisotopic (exact) mass is 479 g/mol. The zero-order chi connectivity index (χ0) is 23.8. The Hall–Kier alpha value is -3.24. The summed E-state index contributed by atoms with van der Waals surface area (Å²) in [6, 6.07) is 6.98. The van der Waals surface area contributed by atoms with Crippen LogP contribution in [0.3, 0.4) is 0 Å². The quantitative estimate of drug-likeness (QED) is 0.235. The number of anilines is 2. The summed E-state index contributed by atoms with van der Waals surface area (Å²) in [5, 5.41) is 22.4. The van der Waals surface area contributed by atoms with Crippen LogP contribution in [0.4, 0.5) is 20.3 Å². The van der Waals surface area contributed by atoms with E-state index in [1.165, 1.54) is 30.5 Å². The van der Waals surface area contributed by atoms with Gasteiger partial charge in [0.05, 0.1) is 12.2 Å². The molecule has 0 bridgehead atoms. The van der Waals surface area contributed by atoms with E-state index >= 15 is 0 Å². The van der Waals surface area contributed by atoms with Crippen molar-refractivity contribution in [2.24, 2.45) is 0 Å². The highest BCUT2D eigenvalue weighted by Gasteiger charge is 2.27. The Morgan fingerprint density at radius 3 is 2.61 bits per heavy atom. The summed E-state index contributed by atoms with van der Waals surface area (Å²) in [4.78, 5) is 19.4. The van der Waals surface area contributed by atoms with E-state index in [0.717, 1.165) is 32.1 Å². The number of carbonyl (C=O) groups is 1. The molecule has 1 aromatic heterocycles. The minimum absolute atomic E-state index is 0.0617. The Kier molecular flexibility index (Phi) is 8.18. The van der Waals surface area contributed by atoms with Gasteiger partial charge in [-0.25, -0.2) is 4.98 Å². The molecule has 0 spiro atoms. The number of aromatic nitrogens is 1. The number of carbonyl (C=O) groups excluding carboxylic acids is 1. The van der Waals surface area contributed by atoms with Crippen LogP contribution in [0.2, 0.25) is 0 Å². The standard InChI is InChI=1S/C22H24ClF2N5O3/c23-22(24,25)33-18-5-3-17(4-6-18)29-21(32)15-11-19(16(12-26)13-27-7-10-31)20(28-14-15)30-8-1-2-9-30/h3-6,11-14,26-27,31H,1-2,7-10H2,(H,29,32)/b16-13+,26-12?. The zero-order valence-electron chi connectivity index (χ0n) is 17.7. The number of allylic oxidation sites excluding steroid dienone is 1. The molecule has 4 N–H and O–H groups in total. The fourth-order valence-corrected chi connectivity index (χ4v) is 3.45. The minimum atomic E-state index is -3.82. The fourth-order valence-electron chi connectivity index (χ4n) is 3.36. The second-order valence-electron chi connectivity index (χ2n) is 7.24. The first-order chi connectivity index (χ1) is 15.8. The number of nitrogens with one attached hydrogen (secondary N) is 3. The van der Waals surface area contributed by atoms with Gasteiger partial charge in [-0.05, 0) is 43.2 Å². The lowest BCUT2D eigenvalue weighted by Gasteiger charge is -2.21. The van der Waals surface area contributed by atoms with E-state index in [2.05, 4.69) is 25.3 Å². The van der Waals surface area contributed by atoms with Crippen LogP contribution in [0.25, 0.3) is 5.57 Å². The molecule has 1 aromatic carbocycles. The van der Waals surface area contributed by atoms with E-state index in [9.17, 15) is 13.6 Å². The first-order valence-corrected chi connectivity index (χ1v) is 10.7. The Bertz CT molecular complexity index is 1010. The van der Waals surface area contributed by atoms with Gasteiger partial charge in [-0.1, -0.05) is 0 Å². The number of aliphatic hydroxyl groups excluding tert-OH is 1. The normalized spacial score (nSPS) is 14.2. The number of halogens is 3. The minimum Gasteiger partial charge on any atom is -0.420 e. The molecule has 8 nitrogen and oxygen atoms in total. The first-order valence-electron chi connectivity index (χ1n) is 10.3.